The molecule has 0 saturated heterocycles. The molecule has 6 nitrogen and oxygen atoms in total. The molecule has 3 rings (SSSR count). The van der Waals surface area contributed by atoms with Crippen LogP contribution in [-0.2, 0) is 4.79 Å². The van der Waals surface area contributed by atoms with Crippen LogP contribution in [0.1, 0.15) is 24.7 Å². The predicted molar refractivity (Wildman–Crippen MR) is 111 cm³/mol. The maximum Gasteiger partial charge on any atom is 0.240 e. The first-order valence-electron chi connectivity index (χ1n) is 9.22. The second kappa shape index (κ2) is 9.41. The van der Waals surface area contributed by atoms with Crippen LogP contribution in [-0.4, -0.2) is 45.8 Å². The van der Waals surface area contributed by atoms with Crippen LogP contribution in [0.15, 0.2) is 66.1 Å². The number of amides is 1. The van der Waals surface area contributed by atoms with Crippen molar-refractivity contribution in [3.05, 3.63) is 66.5 Å². The van der Waals surface area contributed by atoms with E-state index in [-0.39, 0.29) is 5.91 Å². The van der Waals surface area contributed by atoms with Gasteiger partial charge in [0.1, 0.15) is 17.3 Å². The first-order valence-corrected chi connectivity index (χ1v) is 10.1. The first kappa shape index (κ1) is 19.9. The minimum atomic E-state index is -0.394. The zero-order chi connectivity index (χ0) is 19.9. The van der Waals surface area contributed by atoms with Crippen LogP contribution in [0, 0.1) is 0 Å². The van der Waals surface area contributed by atoms with Crippen LogP contribution in [0.5, 0.6) is 5.75 Å². The van der Waals surface area contributed by atoms with E-state index in [0.717, 1.165) is 17.0 Å². The van der Waals surface area contributed by atoms with Gasteiger partial charge in [0.25, 0.3) is 0 Å². The summed E-state index contributed by atoms with van der Waals surface area (Å²) >= 11 is 1.41. The molecule has 0 fully saturated rings. The molecule has 0 radical (unpaired) electrons. The van der Waals surface area contributed by atoms with Crippen molar-refractivity contribution in [2.45, 2.75) is 24.3 Å². The molecule has 0 unspecified atom stereocenters. The molecule has 0 saturated carbocycles. The van der Waals surface area contributed by atoms with Crippen molar-refractivity contribution in [1.29, 1.82) is 0 Å². The molecule has 7 heteroatoms. The number of carbonyl (C=O) groups is 1. The minimum Gasteiger partial charge on any atom is -0.497 e. The number of methoxy groups -OCH3 is 1. The van der Waals surface area contributed by atoms with E-state index < -0.39 is 5.25 Å². The maximum absolute atomic E-state index is 13.2. The largest absolute Gasteiger partial charge is 0.497 e. The third-order valence-corrected chi connectivity index (χ3v) is 5.67. The number of hydrogen-bond donors (Lipinski definition) is 0. The molecular weight excluding hydrogens is 372 g/mol. The fourth-order valence-electron chi connectivity index (χ4n) is 2.94. The average Bonchev–Trinajstić information content (AvgIpc) is 3.21. The van der Waals surface area contributed by atoms with Crippen LogP contribution < -0.4 is 4.74 Å². The molecule has 1 aromatic heterocycles. The summed E-state index contributed by atoms with van der Waals surface area (Å²) in [4.78, 5) is 15.1. The van der Waals surface area contributed by atoms with Gasteiger partial charge in [0.05, 0.1) is 12.8 Å². The Morgan fingerprint density at radius 1 is 1.14 bits per heavy atom. The van der Waals surface area contributed by atoms with Crippen molar-refractivity contribution in [3.8, 4) is 11.4 Å². The van der Waals surface area contributed by atoms with Crippen LogP contribution in [0.3, 0.4) is 0 Å². The topological polar surface area (TPSA) is 60.2 Å². The minimum absolute atomic E-state index is 0.0707. The lowest BCUT2D eigenvalue weighted by Gasteiger charge is -2.25. The molecule has 3 aromatic rings. The Kier molecular flexibility index (Phi) is 6.71. The van der Waals surface area contributed by atoms with Gasteiger partial charge in [-0.25, -0.2) is 0 Å². The van der Waals surface area contributed by atoms with Crippen LogP contribution in [0.4, 0.5) is 0 Å². The number of thioether (sulfide) groups is 1. The van der Waals surface area contributed by atoms with Gasteiger partial charge in [0.15, 0.2) is 5.16 Å². The van der Waals surface area contributed by atoms with Gasteiger partial charge in [-0.15, -0.1) is 10.2 Å². The van der Waals surface area contributed by atoms with Crippen molar-refractivity contribution in [3.63, 3.8) is 0 Å². The molecule has 0 aliphatic heterocycles. The average molecular weight is 397 g/mol. The van der Waals surface area contributed by atoms with Gasteiger partial charge in [-0.2, -0.15) is 0 Å². The molecule has 1 amide bonds. The number of likely N-dealkylation sites (N-methyl/N-ethyl adjacent to an activating group) is 1. The zero-order valence-corrected chi connectivity index (χ0v) is 17.1. The summed E-state index contributed by atoms with van der Waals surface area (Å²) in [5.41, 5.74) is 1.83. The fraction of sp³-hybridized carbons (Fsp3) is 0.286. The Morgan fingerprint density at radius 3 is 2.57 bits per heavy atom. The predicted octanol–water partition coefficient (Wildman–Crippen LogP) is 3.98. The third kappa shape index (κ3) is 4.36. The molecule has 1 atom stereocenters. The Bertz CT molecular complexity index is 910. The van der Waals surface area contributed by atoms with Crippen LogP contribution >= 0.6 is 11.8 Å². The van der Waals surface area contributed by atoms with E-state index in [0.29, 0.717) is 18.2 Å². The van der Waals surface area contributed by atoms with Gasteiger partial charge < -0.3 is 9.64 Å². The van der Waals surface area contributed by atoms with Crippen LogP contribution in [0.2, 0.25) is 0 Å². The monoisotopic (exact) mass is 396 g/mol. The normalized spacial score (nSPS) is 11.8. The van der Waals surface area contributed by atoms with Crippen molar-refractivity contribution < 1.29 is 9.53 Å². The van der Waals surface area contributed by atoms with Crippen LogP contribution in [0.25, 0.3) is 5.69 Å². The number of aromatic nitrogens is 3. The first-order chi connectivity index (χ1) is 13.7. The summed E-state index contributed by atoms with van der Waals surface area (Å²) < 4.78 is 7.19. The van der Waals surface area contributed by atoms with Crippen molar-refractivity contribution in [1.82, 2.24) is 19.7 Å². The smallest absolute Gasteiger partial charge is 0.240 e. The molecule has 0 aliphatic carbocycles. The maximum atomic E-state index is 13.2. The van der Waals surface area contributed by atoms with E-state index in [1.165, 1.54) is 11.8 Å². The summed E-state index contributed by atoms with van der Waals surface area (Å²) in [5.74, 6) is 0.822. The Balaban J connectivity index is 1.96. The second-order valence-electron chi connectivity index (χ2n) is 6.10. The second-order valence-corrected chi connectivity index (χ2v) is 7.18. The van der Waals surface area contributed by atoms with E-state index in [4.69, 9.17) is 4.74 Å². The fourth-order valence-corrected chi connectivity index (χ4v) is 4.05. The molecule has 146 valence electrons. The molecule has 28 heavy (non-hydrogen) atoms. The SMILES string of the molecule is CCN(CC)C(=O)[C@H](Sc1nncn1-c1cccc(OC)c1)c1ccccc1. The molecule has 0 spiro atoms. The lowest BCUT2D eigenvalue weighted by molar-refractivity contribution is -0.130. The van der Waals surface area contributed by atoms with E-state index in [2.05, 4.69) is 10.2 Å². The standard InChI is InChI=1S/C21H24N4O2S/c1-4-24(5-2)20(26)19(16-10-7-6-8-11-16)28-21-23-22-15-25(21)17-12-9-13-18(14-17)27-3/h6-15,19H,4-5H2,1-3H3/t19-/m1/s1. The van der Waals surface area contributed by atoms with Gasteiger partial charge in [0, 0.05) is 19.2 Å². The van der Waals surface area contributed by atoms with E-state index in [9.17, 15) is 4.79 Å². The van der Waals surface area contributed by atoms with Crippen molar-refractivity contribution in [2.75, 3.05) is 20.2 Å². The van der Waals surface area contributed by atoms with E-state index in [1.54, 1.807) is 13.4 Å². The van der Waals surface area contributed by atoms with Gasteiger partial charge in [-0.05, 0) is 31.5 Å². The number of ether oxygens (including phenoxy) is 1. The highest BCUT2D eigenvalue weighted by Crippen LogP contribution is 2.36. The number of benzene rings is 2. The molecule has 0 aliphatic rings. The quantitative estimate of drug-likeness (QED) is 0.539. The summed E-state index contributed by atoms with van der Waals surface area (Å²) in [6, 6.07) is 17.5. The Hall–Kier alpha value is -2.80. The lowest BCUT2D eigenvalue weighted by Crippen LogP contribution is -2.34. The van der Waals surface area contributed by atoms with Gasteiger partial charge in [-0.3, -0.25) is 9.36 Å². The van der Waals surface area contributed by atoms with Gasteiger partial charge in [0.2, 0.25) is 5.91 Å². The highest BCUT2D eigenvalue weighted by molar-refractivity contribution is 8.00. The molecule has 0 N–H and O–H groups in total. The van der Waals surface area contributed by atoms with Crippen molar-refractivity contribution in [2.24, 2.45) is 0 Å². The highest BCUT2D eigenvalue weighted by atomic mass is 32.2. The molecule has 2 aromatic carbocycles. The molecular formula is C21H24N4O2S. The summed E-state index contributed by atoms with van der Waals surface area (Å²) in [6.07, 6.45) is 1.65. The van der Waals surface area contributed by atoms with Crippen molar-refractivity contribution >= 4 is 17.7 Å². The third-order valence-electron chi connectivity index (χ3n) is 4.47. The summed E-state index contributed by atoms with van der Waals surface area (Å²) in [6.45, 7) is 5.32. The van der Waals surface area contributed by atoms with Gasteiger partial charge in [-0.1, -0.05) is 48.2 Å². The number of carbonyl (C=O) groups excluding carboxylic acids is 1. The Labute approximate surface area is 169 Å². The van der Waals surface area contributed by atoms with Gasteiger partial charge >= 0.3 is 0 Å². The zero-order valence-electron chi connectivity index (χ0n) is 16.3. The molecule has 1 heterocycles. The summed E-state index contributed by atoms with van der Waals surface area (Å²) in [7, 11) is 1.63. The van der Waals surface area contributed by atoms with E-state index in [1.807, 2.05) is 77.9 Å². The molecule has 0 bridgehead atoms. The highest BCUT2D eigenvalue weighted by Gasteiger charge is 2.27. The van der Waals surface area contributed by atoms with E-state index >= 15 is 0 Å². The number of hydrogen-bond acceptors (Lipinski definition) is 5. The lowest BCUT2D eigenvalue weighted by atomic mass is 10.1. The summed E-state index contributed by atoms with van der Waals surface area (Å²) in [5, 5.41) is 8.60. The number of nitrogens with zero attached hydrogens (tertiary/aromatic N) is 4. The number of rotatable bonds is 8. The Morgan fingerprint density at radius 2 is 1.89 bits per heavy atom.